The summed E-state index contributed by atoms with van der Waals surface area (Å²) in [4.78, 5) is 0. The molecule has 1 nitrogen and oxygen atoms in total. The zero-order chi connectivity index (χ0) is 14.5. The van der Waals surface area contributed by atoms with Gasteiger partial charge in [0.1, 0.15) is 0 Å². The first-order valence-corrected chi connectivity index (χ1v) is 8.09. The molecule has 21 heavy (non-hydrogen) atoms. The van der Waals surface area contributed by atoms with E-state index in [0.717, 1.165) is 25.7 Å². The molecule has 0 radical (unpaired) electrons. The molecule has 1 N–H and O–H groups in total. The van der Waals surface area contributed by atoms with E-state index >= 15 is 0 Å². The van der Waals surface area contributed by atoms with Crippen LogP contribution in [0.3, 0.4) is 0 Å². The first-order chi connectivity index (χ1) is 10.3. The summed E-state index contributed by atoms with van der Waals surface area (Å²) in [7, 11) is 0. The van der Waals surface area contributed by atoms with Gasteiger partial charge in [-0.3, -0.25) is 0 Å². The summed E-state index contributed by atoms with van der Waals surface area (Å²) in [5.74, 6) is 0.824. The first kappa shape index (κ1) is 14.3. The molecule has 2 unspecified atom stereocenters. The summed E-state index contributed by atoms with van der Waals surface area (Å²) in [5, 5.41) is 10.8. The Bertz CT molecular complexity index is 485. The maximum atomic E-state index is 10.8. The van der Waals surface area contributed by atoms with E-state index in [1.807, 2.05) is 0 Å². The van der Waals surface area contributed by atoms with E-state index in [-0.39, 0.29) is 6.10 Å². The van der Waals surface area contributed by atoms with Crippen LogP contribution in [-0.4, -0.2) is 11.2 Å². The lowest BCUT2D eigenvalue weighted by Crippen LogP contribution is -2.35. The fourth-order valence-electron chi connectivity index (χ4n) is 3.65. The highest BCUT2D eigenvalue weighted by Crippen LogP contribution is 2.33. The second kappa shape index (κ2) is 6.91. The summed E-state index contributed by atoms with van der Waals surface area (Å²) in [6.45, 7) is 0. The fourth-order valence-corrected chi connectivity index (χ4v) is 3.65. The van der Waals surface area contributed by atoms with E-state index in [1.54, 1.807) is 0 Å². The van der Waals surface area contributed by atoms with Gasteiger partial charge in [0.15, 0.2) is 0 Å². The second-order valence-corrected chi connectivity index (χ2v) is 6.32. The van der Waals surface area contributed by atoms with Crippen molar-refractivity contribution >= 4 is 0 Å². The Morgan fingerprint density at radius 2 is 1.14 bits per heavy atom. The van der Waals surface area contributed by atoms with Crippen LogP contribution >= 0.6 is 0 Å². The van der Waals surface area contributed by atoms with Crippen molar-refractivity contribution in [3.8, 4) is 0 Å². The van der Waals surface area contributed by atoms with Gasteiger partial charge in [-0.2, -0.15) is 0 Å². The van der Waals surface area contributed by atoms with Crippen molar-refractivity contribution in [3.05, 3.63) is 71.8 Å². The SMILES string of the molecule is OC1C(Cc2ccccc2)CCCC1Cc1ccccc1. The normalized spacial score (nSPS) is 25.7. The number of aliphatic hydroxyl groups is 1. The molecular formula is C20H24O. The molecule has 1 aliphatic carbocycles. The minimum atomic E-state index is -0.167. The van der Waals surface area contributed by atoms with Crippen LogP contribution in [-0.2, 0) is 12.8 Å². The van der Waals surface area contributed by atoms with Crippen molar-refractivity contribution < 1.29 is 5.11 Å². The highest BCUT2D eigenvalue weighted by molar-refractivity contribution is 5.17. The van der Waals surface area contributed by atoms with Crippen LogP contribution in [0.4, 0.5) is 0 Å². The number of hydrogen-bond acceptors (Lipinski definition) is 1. The molecule has 0 saturated heterocycles. The summed E-state index contributed by atoms with van der Waals surface area (Å²) in [6.07, 6.45) is 5.40. The summed E-state index contributed by atoms with van der Waals surface area (Å²) in [6, 6.07) is 21.2. The van der Waals surface area contributed by atoms with Gasteiger partial charge in [-0.25, -0.2) is 0 Å². The van der Waals surface area contributed by atoms with E-state index in [9.17, 15) is 5.11 Å². The van der Waals surface area contributed by atoms with Gasteiger partial charge in [-0.15, -0.1) is 0 Å². The zero-order valence-electron chi connectivity index (χ0n) is 12.5. The van der Waals surface area contributed by atoms with E-state index in [4.69, 9.17) is 0 Å². The molecule has 0 aliphatic heterocycles. The maximum absolute atomic E-state index is 10.8. The molecule has 1 aliphatic rings. The van der Waals surface area contributed by atoms with Crippen LogP contribution in [0.25, 0.3) is 0 Å². The second-order valence-electron chi connectivity index (χ2n) is 6.32. The summed E-state index contributed by atoms with van der Waals surface area (Å²) < 4.78 is 0. The molecule has 0 spiro atoms. The van der Waals surface area contributed by atoms with E-state index in [2.05, 4.69) is 60.7 Å². The number of benzene rings is 2. The van der Waals surface area contributed by atoms with Crippen LogP contribution in [0.1, 0.15) is 30.4 Å². The third-order valence-corrected chi connectivity index (χ3v) is 4.80. The smallest absolute Gasteiger partial charge is 0.0602 e. The lowest BCUT2D eigenvalue weighted by atomic mass is 9.74. The van der Waals surface area contributed by atoms with Crippen molar-refractivity contribution in [3.63, 3.8) is 0 Å². The predicted octanol–water partition coefficient (Wildman–Crippen LogP) is 4.25. The van der Waals surface area contributed by atoms with Crippen molar-refractivity contribution in [1.82, 2.24) is 0 Å². The minimum Gasteiger partial charge on any atom is -0.393 e. The van der Waals surface area contributed by atoms with E-state index < -0.39 is 0 Å². The first-order valence-electron chi connectivity index (χ1n) is 8.09. The quantitative estimate of drug-likeness (QED) is 0.887. The van der Waals surface area contributed by atoms with E-state index in [0.29, 0.717) is 11.8 Å². The highest BCUT2D eigenvalue weighted by atomic mass is 16.3. The number of rotatable bonds is 4. The van der Waals surface area contributed by atoms with Crippen molar-refractivity contribution in [2.75, 3.05) is 0 Å². The summed E-state index contributed by atoms with van der Waals surface area (Å²) in [5.41, 5.74) is 2.70. The number of hydrogen-bond donors (Lipinski definition) is 1. The molecule has 110 valence electrons. The maximum Gasteiger partial charge on any atom is 0.0602 e. The van der Waals surface area contributed by atoms with Gasteiger partial charge in [-0.1, -0.05) is 67.1 Å². The molecule has 1 saturated carbocycles. The van der Waals surface area contributed by atoms with Gasteiger partial charge >= 0.3 is 0 Å². The molecule has 2 aromatic carbocycles. The van der Waals surface area contributed by atoms with Crippen molar-refractivity contribution in [2.45, 2.75) is 38.2 Å². The van der Waals surface area contributed by atoms with Crippen LogP contribution in [0.5, 0.6) is 0 Å². The topological polar surface area (TPSA) is 20.2 Å². The molecule has 2 atom stereocenters. The molecule has 0 heterocycles. The van der Waals surface area contributed by atoms with Crippen molar-refractivity contribution in [2.24, 2.45) is 11.8 Å². The van der Waals surface area contributed by atoms with Crippen molar-refractivity contribution in [1.29, 1.82) is 0 Å². The van der Waals surface area contributed by atoms with Gasteiger partial charge in [0.25, 0.3) is 0 Å². The van der Waals surface area contributed by atoms with Gasteiger partial charge in [0, 0.05) is 0 Å². The molecular weight excluding hydrogens is 256 g/mol. The fraction of sp³-hybridized carbons (Fsp3) is 0.400. The monoisotopic (exact) mass is 280 g/mol. The zero-order valence-corrected chi connectivity index (χ0v) is 12.5. The highest BCUT2D eigenvalue weighted by Gasteiger charge is 2.31. The van der Waals surface area contributed by atoms with Crippen LogP contribution < -0.4 is 0 Å². The van der Waals surface area contributed by atoms with Gasteiger partial charge in [-0.05, 0) is 48.6 Å². The Hall–Kier alpha value is -1.60. The molecule has 0 aromatic heterocycles. The van der Waals surface area contributed by atoms with E-state index in [1.165, 1.54) is 17.5 Å². The number of aliphatic hydroxyl groups excluding tert-OH is 1. The summed E-state index contributed by atoms with van der Waals surface area (Å²) >= 11 is 0. The Morgan fingerprint density at radius 3 is 1.57 bits per heavy atom. The Balaban J connectivity index is 1.64. The Kier molecular flexibility index (Phi) is 4.72. The Morgan fingerprint density at radius 1 is 0.714 bits per heavy atom. The van der Waals surface area contributed by atoms with Gasteiger partial charge in [0.2, 0.25) is 0 Å². The minimum absolute atomic E-state index is 0.167. The lowest BCUT2D eigenvalue weighted by molar-refractivity contribution is 0.0177. The standard InChI is InChI=1S/C20H24O/c21-20-18(14-16-8-3-1-4-9-16)12-7-13-19(20)15-17-10-5-2-6-11-17/h1-6,8-11,18-21H,7,12-15H2. The molecule has 1 heteroatoms. The lowest BCUT2D eigenvalue weighted by Gasteiger charge is -2.35. The average molecular weight is 280 g/mol. The molecule has 2 aromatic rings. The van der Waals surface area contributed by atoms with Gasteiger partial charge in [0.05, 0.1) is 6.10 Å². The molecule has 1 fully saturated rings. The third-order valence-electron chi connectivity index (χ3n) is 4.80. The van der Waals surface area contributed by atoms with Crippen LogP contribution in [0.2, 0.25) is 0 Å². The predicted molar refractivity (Wildman–Crippen MR) is 87.1 cm³/mol. The Labute approximate surface area is 127 Å². The molecule has 0 bridgehead atoms. The molecule has 0 amide bonds. The van der Waals surface area contributed by atoms with Crippen LogP contribution in [0, 0.1) is 11.8 Å². The average Bonchev–Trinajstić information content (AvgIpc) is 2.53. The van der Waals surface area contributed by atoms with Gasteiger partial charge < -0.3 is 5.11 Å². The largest absolute Gasteiger partial charge is 0.393 e. The molecule has 3 rings (SSSR count). The third kappa shape index (κ3) is 3.74. The van der Waals surface area contributed by atoms with Crippen LogP contribution in [0.15, 0.2) is 60.7 Å².